The maximum atomic E-state index is 13.1. The van der Waals surface area contributed by atoms with Gasteiger partial charge in [-0.15, -0.1) is 0 Å². The number of hydrogen-bond donors (Lipinski definition) is 1. The molecule has 3 aromatic rings. The molecule has 0 radical (unpaired) electrons. The highest BCUT2D eigenvalue weighted by molar-refractivity contribution is 5.87. The van der Waals surface area contributed by atoms with Crippen LogP contribution < -0.4 is 4.74 Å². The van der Waals surface area contributed by atoms with E-state index >= 15 is 0 Å². The summed E-state index contributed by atoms with van der Waals surface area (Å²) < 4.78 is 47.2. The highest BCUT2D eigenvalue weighted by atomic mass is 19.4. The Morgan fingerprint density at radius 1 is 1.14 bits per heavy atom. The van der Waals surface area contributed by atoms with E-state index < -0.39 is 17.7 Å². The Kier molecular flexibility index (Phi) is 6.43. The minimum Gasteiger partial charge on any atom is -0.485 e. The van der Waals surface area contributed by atoms with Crippen LogP contribution in [-0.4, -0.2) is 20.9 Å². The van der Waals surface area contributed by atoms with Crippen LogP contribution >= 0.6 is 0 Å². The molecule has 36 heavy (non-hydrogen) atoms. The Hall–Kier alpha value is -3.29. The number of hydrogen-bond acceptors (Lipinski definition) is 3. The van der Waals surface area contributed by atoms with E-state index in [0.717, 1.165) is 48.3 Å². The number of aromatic nitrogens is 2. The third-order valence-corrected chi connectivity index (χ3v) is 7.24. The standard InChI is InChI=1S/C28H31F3N2O3/c1-6-27(15-26(4,5)16-27)24(19-7-9-20(10-8-19)25(34)35)36-22-11-17(2)23(18(3)12-22)33-14-21(13-32-33)28(29,30)31/h7-14,24H,6,15-16H2,1-5H3,(H,34,35). The van der Waals surface area contributed by atoms with E-state index in [1.807, 2.05) is 38.1 Å². The van der Waals surface area contributed by atoms with Gasteiger partial charge in [0.05, 0.1) is 23.0 Å². The van der Waals surface area contributed by atoms with Crippen molar-refractivity contribution in [2.24, 2.45) is 10.8 Å². The maximum Gasteiger partial charge on any atom is 0.419 e. The molecule has 0 aliphatic heterocycles. The number of carboxylic acid groups (broad SMARTS) is 1. The molecule has 1 N–H and O–H groups in total. The molecular formula is C28H31F3N2O3. The van der Waals surface area contributed by atoms with Gasteiger partial charge >= 0.3 is 12.1 Å². The fourth-order valence-electron chi connectivity index (χ4n) is 5.90. The van der Waals surface area contributed by atoms with E-state index in [1.54, 1.807) is 12.1 Å². The molecule has 0 spiro atoms. The Morgan fingerprint density at radius 3 is 2.17 bits per heavy atom. The predicted octanol–water partition coefficient (Wildman–Crippen LogP) is 7.54. The molecule has 1 aromatic heterocycles. The van der Waals surface area contributed by atoms with E-state index in [2.05, 4.69) is 25.9 Å². The molecule has 1 unspecified atom stereocenters. The number of carbonyl (C=O) groups is 1. The Morgan fingerprint density at radius 2 is 1.72 bits per heavy atom. The first-order chi connectivity index (χ1) is 16.7. The van der Waals surface area contributed by atoms with Gasteiger partial charge in [-0.2, -0.15) is 18.3 Å². The topological polar surface area (TPSA) is 64.4 Å². The minimum atomic E-state index is -4.46. The van der Waals surface area contributed by atoms with Crippen molar-refractivity contribution in [2.45, 2.75) is 66.2 Å². The highest BCUT2D eigenvalue weighted by Crippen LogP contribution is 2.62. The van der Waals surface area contributed by atoms with Crippen LogP contribution in [0.15, 0.2) is 48.8 Å². The van der Waals surface area contributed by atoms with Crippen molar-refractivity contribution in [1.82, 2.24) is 9.78 Å². The van der Waals surface area contributed by atoms with Crippen molar-refractivity contribution in [3.63, 3.8) is 0 Å². The van der Waals surface area contributed by atoms with E-state index in [1.165, 1.54) is 4.68 Å². The zero-order valence-corrected chi connectivity index (χ0v) is 21.1. The van der Waals surface area contributed by atoms with Gasteiger partial charge in [-0.1, -0.05) is 32.9 Å². The average Bonchev–Trinajstić information content (AvgIpc) is 3.25. The average molecular weight is 501 g/mol. The van der Waals surface area contributed by atoms with Gasteiger partial charge in [-0.25, -0.2) is 9.48 Å². The zero-order valence-electron chi connectivity index (χ0n) is 21.1. The lowest BCUT2D eigenvalue weighted by Crippen LogP contribution is -2.48. The number of rotatable bonds is 7. The molecule has 192 valence electrons. The lowest BCUT2D eigenvalue weighted by molar-refractivity contribution is -0.137. The normalized spacial score (nSPS) is 17.3. The van der Waals surface area contributed by atoms with Crippen LogP contribution in [0.5, 0.6) is 5.75 Å². The molecule has 0 amide bonds. The van der Waals surface area contributed by atoms with Crippen LogP contribution in [0.1, 0.15) is 78.7 Å². The van der Waals surface area contributed by atoms with E-state index in [4.69, 9.17) is 4.74 Å². The van der Waals surface area contributed by atoms with E-state index in [-0.39, 0.29) is 22.5 Å². The highest BCUT2D eigenvalue weighted by Gasteiger charge is 2.54. The number of aromatic carboxylic acids is 1. The second-order valence-corrected chi connectivity index (χ2v) is 10.7. The van der Waals surface area contributed by atoms with Crippen LogP contribution in [0.25, 0.3) is 5.69 Å². The molecule has 1 saturated carbocycles. The summed E-state index contributed by atoms with van der Waals surface area (Å²) in [5, 5.41) is 13.2. The minimum absolute atomic E-state index is 0.113. The number of nitrogens with zero attached hydrogens (tertiary/aromatic N) is 2. The molecule has 2 aromatic carbocycles. The lowest BCUT2D eigenvalue weighted by atomic mass is 9.50. The van der Waals surface area contributed by atoms with Crippen molar-refractivity contribution in [1.29, 1.82) is 0 Å². The van der Waals surface area contributed by atoms with Gasteiger partial charge < -0.3 is 9.84 Å². The Balaban J connectivity index is 1.70. The van der Waals surface area contributed by atoms with Gasteiger partial charge in [0.25, 0.3) is 0 Å². The summed E-state index contributed by atoms with van der Waals surface area (Å²) in [6.07, 6.45) is -0.126. The van der Waals surface area contributed by atoms with Gasteiger partial charge in [0.15, 0.2) is 0 Å². The first kappa shape index (κ1) is 25.8. The molecule has 0 saturated heterocycles. The Bertz CT molecular complexity index is 1240. The summed E-state index contributed by atoms with van der Waals surface area (Å²) in [4.78, 5) is 11.4. The summed E-state index contributed by atoms with van der Waals surface area (Å²) in [6, 6.07) is 10.5. The van der Waals surface area contributed by atoms with Crippen LogP contribution in [0.3, 0.4) is 0 Å². The molecule has 1 heterocycles. The number of ether oxygens (including phenoxy) is 1. The van der Waals surface area contributed by atoms with Gasteiger partial charge in [0.2, 0.25) is 0 Å². The second kappa shape index (κ2) is 8.98. The third-order valence-electron chi connectivity index (χ3n) is 7.24. The second-order valence-electron chi connectivity index (χ2n) is 10.7. The SMILES string of the molecule is CCC1(C(Oc2cc(C)c(-n3cc(C(F)(F)F)cn3)c(C)c2)c2ccc(C(=O)O)cc2)CC(C)(C)C1. The van der Waals surface area contributed by atoms with Crippen molar-refractivity contribution in [2.75, 3.05) is 0 Å². The molecule has 5 nitrogen and oxygen atoms in total. The molecule has 1 fully saturated rings. The number of alkyl halides is 3. The molecule has 4 rings (SSSR count). The van der Waals surface area contributed by atoms with Crippen LogP contribution in [0.2, 0.25) is 0 Å². The number of halogens is 3. The van der Waals surface area contributed by atoms with Crippen LogP contribution in [0, 0.1) is 24.7 Å². The fraction of sp³-hybridized carbons (Fsp3) is 0.429. The summed E-state index contributed by atoms with van der Waals surface area (Å²) in [5.41, 5.74) is 2.44. The van der Waals surface area contributed by atoms with Gasteiger partial charge in [0, 0.05) is 11.6 Å². The predicted molar refractivity (Wildman–Crippen MR) is 131 cm³/mol. The molecular weight excluding hydrogens is 469 g/mol. The third kappa shape index (κ3) is 4.86. The lowest BCUT2D eigenvalue weighted by Gasteiger charge is -2.56. The van der Waals surface area contributed by atoms with Crippen molar-refractivity contribution < 1.29 is 27.8 Å². The van der Waals surface area contributed by atoms with Crippen molar-refractivity contribution >= 4 is 5.97 Å². The molecule has 8 heteroatoms. The van der Waals surface area contributed by atoms with Gasteiger partial charge in [0.1, 0.15) is 11.9 Å². The van der Waals surface area contributed by atoms with Gasteiger partial charge in [-0.3, -0.25) is 0 Å². The quantitative estimate of drug-likeness (QED) is 0.364. The molecule has 0 bridgehead atoms. The summed E-state index contributed by atoms with van der Waals surface area (Å²) in [6.45, 7) is 10.3. The van der Waals surface area contributed by atoms with Crippen molar-refractivity contribution in [3.05, 3.63) is 76.6 Å². The van der Waals surface area contributed by atoms with E-state index in [9.17, 15) is 23.1 Å². The monoisotopic (exact) mass is 500 g/mol. The number of aryl methyl sites for hydroxylation is 2. The van der Waals surface area contributed by atoms with Gasteiger partial charge in [-0.05, 0) is 79.5 Å². The number of benzene rings is 2. The van der Waals surface area contributed by atoms with Crippen molar-refractivity contribution in [3.8, 4) is 11.4 Å². The largest absolute Gasteiger partial charge is 0.485 e. The number of carboxylic acids is 1. The Labute approximate surface area is 208 Å². The zero-order chi connectivity index (χ0) is 26.5. The summed E-state index contributed by atoms with van der Waals surface area (Å²) in [5.74, 6) is -0.370. The van der Waals surface area contributed by atoms with E-state index in [0.29, 0.717) is 11.4 Å². The van der Waals surface area contributed by atoms with Crippen LogP contribution in [-0.2, 0) is 6.18 Å². The van der Waals surface area contributed by atoms with Crippen LogP contribution in [0.4, 0.5) is 13.2 Å². The first-order valence-electron chi connectivity index (χ1n) is 12.0. The molecule has 1 atom stereocenters. The summed E-state index contributed by atoms with van der Waals surface area (Å²) >= 11 is 0. The molecule has 1 aliphatic carbocycles. The fourth-order valence-corrected chi connectivity index (χ4v) is 5.90. The summed E-state index contributed by atoms with van der Waals surface area (Å²) in [7, 11) is 0. The smallest absolute Gasteiger partial charge is 0.419 e. The first-order valence-corrected chi connectivity index (χ1v) is 12.0. The molecule has 1 aliphatic rings. The maximum absolute atomic E-state index is 13.1.